The van der Waals surface area contributed by atoms with Gasteiger partial charge in [-0.15, -0.1) is 0 Å². The highest BCUT2D eigenvalue weighted by Gasteiger charge is 2.35. The summed E-state index contributed by atoms with van der Waals surface area (Å²) in [4.78, 5) is 41.0. The van der Waals surface area contributed by atoms with Crippen molar-refractivity contribution in [1.29, 1.82) is 5.26 Å². The van der Waals surface area contributed by atoms with E-state index in [4.69, 9.17) is 21.7 Å². The minimum absolute atomic E-state index is 0.0344. The molecule has 1 N–H and O–H groups in total. The maximum Gasteiger partial charge on any atom is 0.271 e. The Labute approximate surface area is 226 Å². The number of benzene rings is 2. The molecule has 0 saturated carbocycles. The normalized spacial score (nSPS) is 15.3. The van der Waals surface area contributed by atoms with Crippen LogP contribution >= 0.6 is 24.0 Å². The van der Waals surface area contributed by atoms with E-state index in [9.17, 15) is 24.8 Å². The van der Waals surface area contributed by atoms with Gasteiger partial charge in [-0.2, -0.15) is 5.26 Å². The van der Waals surface area contributed by atoms with Gasteiger partial charge in [0.25, 0.3) is 11.5 Å². The Morgan fingerprint density at radius 3 is 2.66 bits per heavy atom. The third-order valence-corrected chi connectivity index (χ3v) is 7.51. The molecule has 1 aromatic heterocycles. The van der Waals surface area contributed by atoms with Crippen molar-refractivity contribution >= 4 is 46.1 Å². The highest BCUT2D eigenvalue weighted by molar-refractivity contribution is 8.26. The van der Waals surface area contributed by atoms with Gasteiger partial charge in [0.1, 0.15) is 16.0 Å². The molecule has 9 nitrogen and oxygen atoms in total. The summed E-state index contributed by atoms with van der Waals surface area (Å²) in [5, 5.41) is 20.7. The monoisotopic (exact) mass is 545 g/mol. The fraction of sp³-hybridized carbons (Fsp3) is 0.148. The lowest BCUT2D eigenvalue weighted by Crippen LogP contribution is -2.35. The Bertz CT molecular complexity index is 1640. The number of nitriles is 1. The van der Waals surface area contributed by atoms with Gasteiger partial charge in [0, 0.05) is 0 Å². The van der Waals surface area contributed by atoms with E-state index in [1.807, 2.05) is 36.4 Å². The lowest BCUT2D eigenvalue weighted by atomic mass is 10.0. The van der Waals surface area contributed by atoms with E-state index < -0.39 is 29.7 Å². The molecular formula is C27H19N3O6S2. The molecule has 0 unspecified atom stereocenters. The highest BCUT2D eigenvalue weighted by atomic mass is 32.2. The number of nitrogens with zero attached hydrogens (tertiary/aromatic N) is 3. The fourth-order valence-corrected chi connectivity index (χ4v) is 5.47. The minimum Gasteiger partial charge on any atom is -0.494 e. The van der Waals surface area contributed by atoms with E-state index in [0.717, 1.165) is 26.8 Å². The number of hydrogen-bond donors (Lipinski definition) is 1. The smallest absolute Gasteiger partial charge is 0.271 e. The lowest BCUT2D eigenvalue weighted by Gasteiger charge is -2.18. The van der Waals surface area contributed by atoms with Gasteiger partial charge in [-0.3, -0.25) is 23.9 Å². The van der Waals surface area contributed by atoms with Crippen LogP contribution in [0, 0.1) is 18.3 Å². The Hall–Kier alpha value is -4.40. The zero-order valence-corrected chi connectivity index (χ0v) is 21.6. The molecule has 190 valence electrons. The van der Waals surface area contributed by atoms with Gasteiger partial charge in [-0.05, 0) is 41.8 Å². The summed E-state index contributed by atoms with van der Waals surface area (Å²) in [6.45, 7) is 0.899. The number of ketones is 1. The summed E-state index contributed by atoms with van der Waals surface area (Å²) in [6, 6.07) is 16.1. The van der Waals surface area contributed by atoms with Crippen LogP contribution in [0.1, 0.15) is 32.6 Å². The van der Waals surface area contributed by atoms with Gasteiger partial charge < -0.3 is 14.6 Å². The van der Waals surface area contributed by atoms with Crippen LogP contribution in [0.5, 0.6) is 17.4 Å². The largest absolute Gasteiger partial charge is 0.494 e. The molecule has 1 saturated heterocycles. The van der Waals surface area contributed by atoms with Crippen LogP contribution in [0.2, 0.25) is 0 Å². The van der Waals surface area contributed by atoms with Crippen molar-refractivity contribution in [3.63, 3.8) is 0 Å². The van der Waals surface area contributed by atoms with Crippen LogP contribution in [0.4, 0.5) is 0 Å². The second kappa shape index (κ2) is 10.2. The SMILES string of the molecule is Cc1c(C(=O)CN2C(=O)/C(=C/c3ccccc3)SC2=S)c(O)n(Cc2ccc3c(c2)OCO3)c(=O)c1C#N. The number of fused-ring (bicyclic) bond motifs is 1. The number of amides is 1. The van der Waals surface area contributed by atoms with Crippen LogP contribution in [-0.2, 0) is 11.3 Å². The molecule has 0 radical (unpaired) electrons. The summed E-state index contributed by atoms with van der Waals surface area (Å²) in [7, 11) is 0. The number of aromatic nitrogens is 1. The predicted octanol–water partition coefficient (Wildman–Crippen LogP) is 3.60. The summed E-state index contributed by atoms with van der Waals surface area (Å²) < 4.78 is 11.8. The third kappa shape index (κ3) is 4.55. The maximum atomic E-state index is 13.4. The van der Waals surface area contributed by atoms with E-state index >= 15 is 0 Å². The summed E-state index contributed by atoms with van der Waals surface area (Å²) >= 11 is 6.42. The zero-order chi connectivity index (χ0) is 27.0. The number of hydrogen-bond acceptors (Lipinski definition) is 9. The van der Waals surface area contributed by atoms with Gasteiger partial charge >= 0.3 is 0 Å². The molecule has 38 heavy (non-hydrogen) atoms. The Kier molecular flexibility index (Phi) is 6.75. The molecule has 5 rings (SSSR count). The van der Waals surface area contributed by atoms with Gasteiger partial charge in [0.15, 0.2) is 17.3 Å². The fourth-order valence-electron chi connectivity index (χ4n) is 4.21. The number of rotatable bonds is 6. The van der Waals surface area contributed by atoms with Crippen molar-refractivity contribution in [3.05, 3.63) is 91.6 Å². The number of carbonyl (C=O) groups excluding carboxylic acids is 2. The molecule has 2 aliphatic heterocycles. The first kappa shape index (κ1) is 25.3. The number of aromatic hydroxyl groups is 1. The number of ether oxygens (including phenoxy) is 2. The summed E-state index contributed by atoms with van der Waals surface area (Å²) in [5.41, 5.74) is 0.187. The first-order valence-corrected chi connectivity index (χ1v) is 12.6. The van der Waals surface area contributed by atoms with Crippen LogP contribution in [0.25, 0.3) is 6.08 Å². The lowest BCUT2D eigenvalue weighted by molar-refractivity contribution is -0.121. The molecule has 0 atom stereocenters. The first-order valence-electron chi connectivity index (χ1n) is 11.4. The molecule has 2 aliphatic rings. The molecule has 11 heteroatoms. The second-order valence-corrected chi connectivity index (χ2v) is 10.2. The van der Waals surface area contributed by atoms with Crippen molar-refractivity contribution < 1.29 is 24.2 Å². The molecule has 2 aromatic carbocycles. The summed E-state index contributed by atoms with van der Waals surface area (Å²) in [6.07, 6.45) is 1.69. The van der Waals surface area contributed by atoms with Crippen molar-refractivity contribution in [2.75, 3.05) is 13.3 Å². The predicted molar refractivity (Wildman–Crippen MR) is 144 cm³/mol. The first-order chi connectivity index (χ1) is 18.3. The number of carbonyl (C=O) groups is 2. The molecule has 1 fully saturated rings. The second-order valence-electron chi connectivity index (χ2n) is 8.49. The Morgan fingerprint density at radius 1 is 1.18 bits per heavy atom. The maximum absolute atomic E-state index is 13.4. The Morgan fingerprint density at radius 2 is 1.92 bits per heavy atom. The molecular weight excluding hydrogens is 526 g/mol. The van der Waals surface area contributed by atoms with Gasteiger partial charge in [0.2, 0.25) is 12.7 Å². The zero-order valence-electron chi connectivity index (χ0n) is 20.0. The summed E-state index contributed by atoms with van der Waals surface area (Å²) in [5.74, 6) is -0.666. The van der Waals surface area contributed by atoms with Crippen LogP contribution < -0.4 is 15.0 Å². The van der Waals surface area contributed by atoms with Crippen LogP contribution in [0.3, 0.4) is 0 Å². The van der Waals surface area contributed by atoms with Gasteiger partial charge in [-0.1, -0.05) is 60.4 Å². The van der Waals surface area contributed by atoms with Gasteiger partial charge in [-0.25, -0.2) is 0 Å². The topological polar surface area (TPSA) is 122 Å². The van der Waals surface area contributed by atoms with Gasteiger partial charge in [0.05, 0.1) is 23.6 Å². The van der Waals surface area contributed by atoms with Crippen LogP contribution in [0.15, 0.2) is 58.2 Å². The Balaban J connectivity index is 1.47. The van der Waals surface area contributed by atoms with E-state index in [2.05, 4.69) is 0 Å². The van der Waals surface area contributed by atoms with Crippen molar-refractivity contribution in [1.82, 2.24) is 9.47 Å². The average molecular weight is 546 g/mol. The third-order valence-electron chi connectivity index (χ3n) is 6.13. The number of thioether (sulfide) groups is 1. The van der Waals surface area contributed by atoms with Crippen LogP contribution in [-0.4, -0.2) is 43.9 Å². The average Bonchev–Trinajstić information content (AvgIpc) is 3.47. The molecule has 3 aromatic rings. The molecule has 0 spiro atoms. The highest BCUT2D eigenvalue weighted by Crippen LogP contribution is 2.35. The number of pyridine rings is 1. The standard InChI is InChI=1S/C27H19N3O6S2/c1-15-18(11-28)24(32)29(12-17-7-8-20-21(9-17)36-14-35-20)26(34)23(15)19(31)13-30-25(33)22(38-27(30)37)10-16-5-3-2-4-6-16/h2-10,34H,12-14H2,1H3/b22-10-. The number of thiocarbonyl (C=S) groups is 1. The molecule has 3 heterocycles. The van der Waals surface area contributed by atoms with Crippen molar-refractivity contribution in [2.24, 2.45) is 0 Å². The van der Waals surface area contributed by atoms with E-state index in [1.165, 1.54) is 6.92 Å². The molecule has 0 bridgehead atoms. The minimum atomic E-state index is -0.742. The van der Waals surface area contributed by atoms with E-state index in [0.29, 0.717) is 22.0 Å². The molecule has 0 aliphatic carbocycles. The quantitative estimate of drug-likeness (QED) is 0.281. The number of Topliss-reactive ketones (excluding diaryl/α,β-unsaturated/α-hetero) is 1. The molecule has 1 amide bonds. The van der Waals surface area contributed by atoms with E-state index in [1.54, 1.807) is 24.3 Å². The van der Waals surface area contributed by atoms with E-state index in [-0.39, 0.29) is 34.3 Å². The van der Waals surface area contributed by atoms with Crippen molar-refractivity contribution in [3.8, 4) is 23.4 Å². The van der Waals surface area contributed by atoms with Crippen molar-refractivity contribution in [2.45, 2.75) is 13.5 Å².